The predicted octanol–water partition coefficient (Wildman–Crippen LogP) is 2.71. The van der Waals surface area contributed by atoms with Crippen LogP contribution in [0.2, 0.25) is 0 Å². The average Bonchev–Trinajstić information content (AvgIpc) is 2.96. The third kappa shape index (κ3) is 4.35. The summed E-state index contributed by atoms with van der Waals surface area (Å²) in [7, 11) is 0. The van der Waals surface area contributed by atoms with Gasteiger partial charge in [-0.2, -0.15) is 4.98 Å². The number of hydrogen-bond donors (Lipinski definition) is 1. The number of non-ortho nitro benzene ring substituents is 1. The van der Waals surface area contributed by atoms with Crippen molar-refractivity contribution in [3.05, 3.63) is 40.3 Å². The Hall–Kier alpha value is -2.28. The van der Waals surface area contributed by atoms with E-state index in [1.807, 2.05) is 0 Å². The van der Waals surface area contributed by atoms with Gasteiger partial charge in [0.25, 0.3) is 5.69 Å². The fraction of sp³-hybridized carbons (Fsp3) is 0.429. The molecule has 0 saturated heterocycles. The van der Waals surface area contributed by atoms with Crippen molar-refractivity contribution in [2.45, 2.75) is 32.1 Å². The highest BCUT2D eigenvalue weighted by molar-refractivity contribution is 5.58. The van der Waals surface area contributed by atoms with Gasteiger partial charge < -0.3 is 10.3 Å². The molecule has 0 bridgehead atoms. The van der Waals surface area contributed by atoms with Crippen LogP contribution in [0.3, 0.4) is 0 Å². The Bertz CT molecular complexity index is 597. The molecule has 0 aliphatic heterocycles. The molecule has 0 fully saturated rings. The predicted molar refractivity (Wildman–Crippen MR) is 77.6 cm³/mol. The Morgan fingerprint density at radius 1 is 1.24 bits per heavy atom. The zero-order chi connectivity index (χ0) is 15.1. The van der Waals surface area contributed by atoms with Gasteiger partial charge in [0, 0.05) is 24.1 Å². The van der Waals surface area contributed by atoms with Gasteiger partial charge in [0.1, 0.15) is 0 Å². The third-order valence-electron chi connectivity index (χ3n) is 3.13. The van der Waals surface area contributed by atoms with Crippen molar-refractivity contribution in [1.82, 2.24) is 10.1 Å². The number of aromatic nitrogens is 2. The van der Waals surface area contributed by atoms with Gasteiger partial charge in [-0.05, 0) is 19.4 Å². The number of nitrogens with zero attached hydrogens (tertiary/aromatic N) is 3. The van der Waals surface area contributed by atoms with Gasteiger partial charge in [-0.25, -0.2) is 0 Å². The molecule has 0 unspecified atom stereocenters. The number of aryl methyl sites for hydroxylation is 1. The molecular formula is C14H18N4O3. The van der Waals surface area contributed by atoms with Crippen molar-refractivity contribution in [3.8, 4) is 11.4 Å². The van der Waals surface area contributed by atoms with Crippen LogP contribution >= 0.6 is 0 Å². The highest BCUT2D eigenvalue weighted by Crippen LogP contribution is 2.21. The lowest BCUT2D eigenvalue weighted by Crippen LogP contribution is -1.97. The molecule has 2 N–H and O–H groups in total. The molecular weight excluding hydrogens is 272 g/mol. The lowest BCUT2D eigenvalue weighted by Gasteiger charge is -1.96. The first kappa shape index (κ1) is 15.1. The summed E-state index contributed by atoms with van der Waals surface area (Å²) in [5, 5.41) is 14.6. The second kappa shape index (κ2) is 7.49. The molecule has 0 spiro atoms. The van der Waals surface area contributed by atoms with E-state index in [-0.39, 0.29) is 5.69 Å². The maximum Gasteiger partial charge on any atom is 0.270 e. The number of unbranched alkanes of at least 4 members (excludes halogenated alkanes) is 3. The van der Waals surface area contributed by atoms with Gasteiger partial charge in [-0.15, -0.1) is 0 Å². The van der Waals surface area contributed by atoms with Crippen molar-refractivity contribution in [2.24, 2.45) is 5.73 Å². The third-order valence-corrected chi connectivity index (χ3v) is 3.13. The van der Waals surface area contributed by atoms with E-state index in [1.165, 1.54) is 12.1 Å². The molecule has 112 valence electrons. The zero-order valence-corrected chi connectivity index (χ0v) is 11.7. The van der Waals surface area contributed by atoms with Crippen LogP contribution in [0.5, 0.6) is 0 Å². The Morgan fingerprint density at radius 2 is 2.05 bits per heavy atom. The smallest absolute Gasteiger partial charge is 0.270 e. The Labute approximate surface area is 122 Å². The number of nitro groups is 1. The van der Waals surface area contributed by atoms with Gasteiger partial charge in [0.2, 0.25) is 11.7 Å². The SMILES string of the molecule is NCCCCCCc1nc(-c2cccc([N+](=O)[O-])c2)no1. The van der Waals surface area contributed by atoms with Crippen LogP contribution in [0.15, 0.2) is 28.8 Å². The maximum atomic E-state index is 10.7. The summed E-state index contributed by atoms with van der Waals surface area (Å²) in [5.74, 6) is 0.944. The van der Waals surface area contributed by atoms with E-state index in [1.54, 1.807) is 12.1 Å². The van der Waals surface area contributed by atoms with Crippen LogP contribution < -0.4 is 5.73 Å². The fourth-order valence-electron chi connectivity index (χ4n) is 2.01. The van der Waals surface area contributed by atoms with Crippen molar-refractivity contribution < 1.29 is 9.45 Å². The quantitative estimate of drug-likeness (QED) is 0.455. The van der Waals surface area contributed by atoms with Crippen molar-refractivity contribution in [2.75, 3.05) is 6.54 Å². The van der Waals surface area contributed by atoms with E-state index < -0.39 is 4.92 Å². The monoisotopic (exact) mass is 290 g/mol. The number of nitrogens with two attached hydrogens (primary N) is 1. The van der Waals surface area contributed by atoms with E-state index >= 15 is 0 Å². The van der Waals surface area contributed by atoms with E-state index in [4.69, 9.17) is 10.3 Å². The molecule has 0 amide bonds. The number of nitro benzene ring substituents is 1. The molecule has 0 saturated carbocycles. The Balaban J connectivity index is 1.96. The normalized spacial score (nSPS) is 10.7. The van der Waals surface area contributed by atoms with E-state index in [9.17, 15) is 10.1 Å². The molecule has 1 aromatic heterocycles. The topological polar surface area (TPSA) is 108 Å². The van der Waals surface area contributed by atoms with Crippen molar-refractivity contribution in [3.63, 3.8) is 0 Å². The summed E-state index contributed by atoms with van der Waals surface area (Å²) in [6.07, 6.45) is 4.89. The van der Waals surface area contributed by atoms with Gasteiger partial charge in [0.05, 0.1) is 4.92 Å². The molecule has 1 heterocycles. The van der Waals surface area contributed by atoms with Gasteiger partial charge in [0.15, 0.2) is 0 Å². The Morgan fingerprint density at radius 3 is 2.81 bits per heavy atom. The minimum absolute atomic E-state index is 0.0145. The Kier molecular flexibility index (Phi) is 5.39. The van der Waals surface area contributed by atoms with Crippen LogP contribution in [0.1, 0.15) is 31.6 Å². The summed E-state index contributed by atoms with van der Waals surface area (Å²) in [5.41, 5.74) is 6.03. The molecule has 7 heteroatoms. The maximum absolute atomic E-state index is 10.7. The first-order valence-electron chi connectivity index (χ1n) is 6.98. The van der Waals surface area contributed by atoms with Gasteiger partial charge >= 0.3 is 0 Å². The summed E-state index contributed by atoms with van der Waals surface area (Å²) in [6, 6.07) is 6.21. The fourth-order valence-corrected chi connectivity index (χ4v) is 2.01. The molecule has 0 aliphatic carbocycles. The van der Waals surface area contributed by atoms with Crippen LogP contribution in [0, 0.1) is 10.1 Å². The minimum atomic E-state index is -0.443. The van der Waals surface area contributed by atoms with Crippen LogP contribution in [-0.4, -0.2) is 21.6 Å². The number of rotatable bonds is 8. The first-order chi connectivity index (χ1) is 10.2. The second-order valence-corrected chi connectivity index (χ2v) is 4.77. The number of hydrogen-bond acceptors (Lipinski definition) is 6. The minimum Gasteiger partial charge on any atom is -0.339 e. The van der Waals surface area contributed by atoms with E-state index in [0.29, 0.717) is 23.7 Å². The van der Waals surface area contributed by atoms with Crippen LogP contribution in [-0.2, 0) is 6.42 Å². The molecule has 0 radical (unpaired) electrons. The number of benzene rings is 1. The van der Waals surface area contributed by atoms with E-state index in [2.05, 4.69) is 10.1 Å². The standard InChI is InChI=1S/C14H18N4O3/c15-9-4-2-1-3-8-13-16-14(17-21-13)11-6-5-7-12(10-11)18(19)20/h5-7,10H,1-4,8-9,15H2. The average molecular weight is 290 g/mol. The van der Waals surface area contributed by atoms with Crippen molar-refractivity contribution >= 4 is 5.69 Å². The highest BCUT2D eigenvalue weighted by Gasteiger charge is 2.12. The molecule has 1 aromatic carbocycles. The van der Waals surface area contributed by atoms with Crippen LogP contribution in [0.25, 0.3) is 11.4 Å². The summed E-state index contributed by atoms with van der Waals surface area (Å²) in [4.78, 5) is 14.6. The molecule has 7 nitrogen and oxygen atoms in total. The second-order valence-electron chi connectivity index (χ2n) is 4.77. The zero-order valence-electron chi connectivity index (χ0n) is 11.7. The summed E-state index contributed by atoms with van der Waals surface area (Å²) < 4.78 is 5.17. The van der Waals surface area contributed by atoms with Crippen LogP contribution in [0.4, 0.5) is 5.69 Å². The molecule has 2 aromatic rings. The largest absolute Gasteiger partial charge is 0.339 e. The van der Waals surface area contributed by atoms with Gasteiger partial charge in [-0.1, -0.05) is 30.1 Å². The molecule has 2 rings (SSSR count). The molecule has 21 heavy (non-hydrogen) atoms. The summed E-state index contributed by atoms with van der Waals surface area (Å²) in [6.45, 7) is 0.720. The summed E-state index contributed by atoms with van der Waals surface area (Å²) >= 11 is 0. The highest BCUT2D eigenvalue weighted by atomic mass is 16.6. The van der Waals surface area contributed by atoms with E-state index in [0.717, 1.165) is 32.2 Å². The lowest BCUT2D eigenvalue weighted by molar-refractivity contribution is -0.384. The van der Waals surface area contributed by atoms with Gasteiger partial charge in [-0.3, -0.25) is 10.1 Å². The first-order valence-corrected chi connectivity index (χ1v) is 6.98. The molecule has 0 atom stereocenters. The van der Waals surface area contributed by atoms with Crippen molar-refractivity contribution in [1.29, 1.82) is 0 Å². The lowest BCUT2D eigenvalue weighted by atomic mass is 10.1. The molecule has 0 aliphatic rings.